The number of hydrogen-bond acceptors (Lipinski definition) is 3. The van der Waals surface area contributed by atoms with Crippen LogP contribution >= 0.6 is 0 Å². The van der Waals surface area contributed by atoms with Gasteiger partial charge in [0.2, 0.25) is 10.0 Å². The molecule has 1 N–H and O–H groups in total. The molecule has 1 saturated heterocycles. The molecular weight excluding hydrogens is 334 g/mol. The van der Waals surface area contributed by atoms with Gasteiger partial charge < -0.3 is 4.98 Å². The molecule has 3 aromatic rings. The zero-order valence-electron chi connectivity index (χ0n) is 14.1. The summed E-state index contributed by atoms with van der Waals surface area (Å²) in [6.45, 7) is 2.94. The number of nitrogens with zero attached hydrogens (tertiary/aromatic N) is 2. The predicted octanol–water partition coefficient (Wildman–Crippen LogP) is 3.44. The van der Waals surface area contributed by atoms with E-state index in [1.165, 1.54) is 0 Å². The zero-order chi connectivity index (χ0) is 17.4. The van der Waals surface area contributed by atoms with Gasteiger partial charge in [0.25, 0.3) is 0 Å². The van der Waals surface area contributed by atoms with Crippen molar-refractivity contribution >= 4 is 21.1 Å². The molecule has 1 unspecified atom stereocenters. The lowest BCUT2D eigenvalue weighted by atomic mass is 9.99. The van der Waals surface area contributed by atoms with Crippen molar-refractivity contribution in [1.82, 2.24) is 14.3 Å². The van der Waals surface area contributed by atoms with E-state index >= 15 is 0 Å². The lowest BCUT2D eigenvalue weighted by Gasteiger charge is -2.31. The van der Waals surface area contributed by atoms with Crippen LogP contribution in [0.2, 0.25) is 0 Å². The van der Waals surface area contributed by atoms with E-state index in [1.807, 2.05) is 37.3 Å². The molecule has 1 aromatic heterocycles. The van der Waals surface area contributed by atoms with Gasteiger partial charge in [0.15, 0.2) is 0 Å². The Kier molecular flexibility index (Phi) is 4.09. The van der Waals surface area contributed by atoms with E-state index < -0.39 is 10.0 Å². The van der Waals surface area contributed by atoms with Crippen molar-refractivity contribution in [2.45, 2.75) is 30.6 Å². The fourth-order valence-electron chi connectivity index (χ4n) is 3.47. The van der Waals surface area contributed by atoms with E-state index in [2.05, 4.69) is 9.97 Å². The summed E-state index contributed by atoms with van der Waals surface area (Å²) in [6, 6.07) is 15.0. The number of piperidine rings is 1. The van der Waals surface area contributed by atoms with Crippen LogP contribution in [0.15, 0.2) is 53.4 Å². The summed E-state index contributed by atoms with van der Waals surface area (Å²) in [4.78, 5) is 8.39. The maximum atomic E-state index is 13.0. The number of imidazole rings is 1. The van der Waals surface area contributed by atoms with Crippen molar-refractivity contribution < 1.29 is 8.42 Å². The molecule has 130 valence electrons. The van der Waals surface area contributed by atoms with Gasteiger partial charge in [-0.3, -0.25) is 0 Å². The first-order chi connectivity index (χ1) is 12.0. The van der Waals surface area contributed by atoms with Gasteiger partial charge in [0, 0.05) is 19.0 Å². The monoisotopic (exact) mass is 355 g/mol. The molecular formula is C19H21N3O2S. The van der Waals surface area contributed by atoms with Crippen molar-refractivity contribution in [3.05, 3.63) is 59.9 Å². The highest BCUT2D eigenvalue weighted by Crippen LogP contribution is 2.30. The molecule has 2 heterocycles. The van der Waals surface area contributed by atoms with Crippen LogP contribution in [0.5, 0.6) is 0 Å². The highest BCUT2D eigenvalue weighted by atomic mass is 32.2. The number of aryl methyl sites for hydroxylation is 1. The minimum absolute atomic E-state index is 0.0979. The van der Waals surface area contributed by atoms with Crippen molar-refractivity contribution in [2.24, 2.45) is 0 Å². The highest BCUT2D eigenvalue weighted by molar-refractivity contribution is 7.89. The second-order valence-corrected chi connectivity index (χ2v) is 8.60. The topological polar surface area (TPSA) is 66.1 Å². The summed E-state index contributed by atoms with van der Waals surface area (Å²) in [5.74, 6) is 0.978. The standard InChI is InChI=1S/C19H21N3O2S/c1-14-6-4-8-16(12-14)25(23,24)22-11-5-7-15(13-22)19-20-17-9-2-3-10-18(17)21-19/h2-4,6,8-10,12,15H,5,7,11,13H2,1H3,(H,20,21). The SMILES string of the molecule is Cc1cccc(S(=O)(=O)N2CCCC(c3nc4ccccc4[nH]3)C2)c1. The zero-order valence-corrected chi connectivity index (χ0v) is 15.0. The van der Waals surface area contributed by atoms with Crippen LogP contribution in [-0.4, -0.2) is 35.8 Å². The minimum atomic E-state index is -3.46. The van der Waals surface area contributed by atoms with E-state index in [-0.39, 0.29) is 5.92 Å². The lowest BCUT2D eigenvalue weighted by Crippen LogP contribution is -2.39. The molecule has 0 radical (unpaired) electrons. The van der Waals surface area contributed by atoms with Crippen molar-refractivity contribution in [3.8, 4) is 0 Å². The van der Waals surface area contributed by atoms with Gasteiger partial charge in [-0.15, -0.1) is 0 Å². The second kappa shape index (κ2) is 6.28. The number of sulfonamides is 1. The van der Waals surface area contributed by atoms with Gasteiger partial charge in [-0.1, -0.05) is 24.3 Å². The molecule has 0 saturated carbocycles. The third-order valence-corrected chi connectivity index (χ3v) is 6.67. The summed E-state index contributed by atoms with van der Waals surface area (Å²) < 4.78 is 27.6. The van der Waals surface area contributed by atoms with Crippen LogP contribution in [0.4, 0.5) is 0 Å². The number of benzene rings is 2. The molecule has 5 nitrogen and oxygen atoms in total. The summed E-state index contributed by atoms with van der Waals surface area (Å²) >= 11 is 0. The molecule has 0 aliphatic carbocycles. The Hall–Kier alpha value is -2.18. The second-order valence-electron chi connectivity index (χ2n) is 6.66. The summed E-state index contributed by atoms with van der Waals surface area (Å²) in [7, 11) is -3.46. The quantitative estimate of drug-likeness (QED) is 0.783. The number of H-pyrrole nitrogens is 1. The van der Waals surface area contributed by atoms with E-state index in [9.17, 15) is 8.42 Å². The number of fused-ring (bicyclic) bond motifs is 1. The van der Waals surface area contributed by atoms with E-state index in [0.29, 0.717) is 18.0 Å². The van der Waals surface area contributed by atoms with Crippen LogP contribution in [0.1, 0.15) is 30.1 Å². The van der Waals surface area contributed by atoms with Crippen LogP contribution in [-0.2, 0) is 10.0 Å². The minimum Gasteiger partial charge on any atom is -0.342 e. The Morgan fingerprint density at radius 1 is 1.16 bits per heavy atom. The molecule has 1 fully saturated rings. The van der Waals surface area contributed by atoms with E-state index in [1.54, 1.807) is 22.5 Å². The molecule has 25 heavy (non-hydrogen) atoms. The molecule has 0 amide bonds. The molecule has 1 aliphatic heterocycles. The summed E-state index contributed by atoms with van der Waals surface area (Å²) in [5, 5.41) is 0. The Morgan fingerprint density at radius 2 is 2.00 bits per heavy atom. The van der Waals surface area contributed by atoms with Gasteiger partial charge >= 0.3 is 0 Å². The highest BCUT2D eigenvalue weighted by Gasteiger charge is 2.32. The predicted molar refractivity (Wildman–Crippen MR) is 98.0 cm³/mol. The normalized spacial score (nSPS) is 19.3. The van der Waals surface area contributed by atoms with Crippen molar-refractivity contribution in [3.63, 3.8) is 0 Å². The maximum Gasteiger partial charge on any atom is 0.243 e. The molecule has 1 atom stereocenters. The first-order valence-electron chi connectivity index (χ1n) is 8.55. The first-order valence-corrected chi connectivity index (χ1v) is 9.99. The Balaban J connectivity index is 1.62. The fourth-order valence-corrected chi connectivity index (χ4v) is 5.10. The molecule has 0 bridgehead atoms. The Morgan fingerprint density at radius 3 is 2.80 bits per heavy atom. The van der Waals surface area contributed by atoms with Gasteiger partial charge in [0.1, 0.15) is 5.82 Å². The Bertz CT molecular complexity index is 977. The van der Waals surface area contributed by atoms with Gasteiger partial charge in [-0.2, -0.15) is 4.31 Å². The smallest absolute Gasteiger partial charge is 0.243 e. The average Bonchev–Trinajstić information content (AvgIpc) is 3.06. The number of rotatable bonds is 3. The maximum absolute atomic E-state index is 13.0. The number of aromatic nitrogens is 2. The van der Waals surface area contributed by atoms with Crippen molar-refractivity contribution in [2.75, 3.05) is 13.1 Å². The average molecular weight is 355 g/mol. The fraction of sp³-hybridized carbons (Fsp3) is 0.316. The number of hydrogen-bond donors (Lipinski definition) is 1. The Labute approximate surface area is 147 Å². The summed E-state index contributed by atoms with van der Waals surface area (Å²) in [5.41, 5.74) is 2.87. The van der Waals surface area contributed by atoms with Crippen molar-refractivity contribution in [1.29, 1.82) is 0 Å². The molecule has 4 rings (SSSR count). The first kappa shape index (κ1) is 16.3. The summed E-state index contributed by atoms with van der Waals surface area (Å²) in [6.07, 6.45) is 1.78. The lowest BCUT2D eigenvalue weighted by molar-refractivity contribution is 0.310. The van der Waals surface area contributed by atoms with Crippen LogP contribution < -0.4 is 0 Å². The van der Waals surface area contributed by atoms with Crippen LogP contribution in [0, 0.1) is 6.92 Å². The number of para-hydroxylation sites is 2. The largest absolute Gasteiger partial charge is 0.342 e. The van der Waals surface area contributed by atoms with Gasteiger partial charge in [-0.05, 0) is 49.6 Å². The third-order valence-electron chi connectivity index (χ3n) is 4.81. The molecule has 0 spiro atoms. The van der Waals surface area contributed by atoms with Crippen LogP contribution in [0.25, 0.3) is 11.0 Å². The molecule has 1 aliphatic rings. The van der Waals surface area contributed by atoms with E-state index in [4.69, 9.17) is 0 Å². The molecule has 6 heteroatoms. The third kappa shape index (κ3) is 3.07. The van der Waals surface area contributed by atoms with Gasteiger partial charge in [-0.25, -0.2) is 13.4 Å². The molecule has 2 aromatic carbocycles. The van der Waals surface area contributed by atoms with Crippen LogP contribution in [0.3, 0.4) is 0 Å². The van der Waals surface area contributed by atoms with E-state index in [0.717, 1.165) is 35.3 Å². The number of aromatic amines is 1. The van der Waals surface area contributed by atoms with Gasteiger partial charge in [0.05, 0.1) is 15.9 Å². The number of nitrogens with one attached hydrogen (secondary N) is 1.